The molecule has 112 valence electrons. The average Bonchev–Trinajstić information content (AvgIpc) is 2.81. The fourth-order valence-corrected chi connectivity index (χ4v) is 4.23. The summed E-state index contributed by atoms with van der Waals surface area (Å²) in [7, 11) is -4.45. The average molecular weight is 307 g/mol. The van der Waals surface area contributed by atoms with Gasteiger partial charge in [0, 0.05) is 0 Å². The molecule has 1 aromatic carbocycles. The third-order valence-corrected chi connectivity index (χ3v) is 5.73. The second-order valence-electron chi connectivity index (χ2n) is 4.94. The normalized spacial score (nSPS) is 17.0. The van der Waals surface area contributed by atoms with E-state index in [2.05, 4.69) is 0 Å². The predicted octanol–water partition coefficient (Wildman–Crippen LogP) is 2.23. The van der Waals surface area contributed by atoms with Crippen LogP contribution in [-0.2, 0) is 22.7 Å². The summed E-state index contributed by atoms with van der Waals surface area (Å²) >= 11 is 0. The van der Waals surface area contributed by atoms with Crippen LogP contribution in [0.2, 0.25) is 0 Å². The van der Waals surface area contributed by atoms with Gasteiger partial charge in [0.1, 0.15) is 0 Å². The second-order valence-corrected chi connectivity index (χ2v) is 7.07. The monoisotopic (exact) mass is 307 g/mol. The van der Waals surface area contributed by atoms with Crippen molar-refractivity contribution in [2.24, 2.45) is 5.73 Å². The van der Waals surface area contributed by atoms with E-state index in [0.29, 0.717) is 6.42 Å². The Morgan fingerprint density at radius 2 is 1.85 bits per heavy atom. The van der Waals surface area contributed by atoms with Gasteiger partial charge in [-0.1, -0.05) is 6.07 Å². The van der Waals surface area contributed by atoms with Crippen LogP contribution in [0, 0.1) is 0 Å². The van der Waals surface area contributed by atoms with Crippen LogP contribution in [0.25, 0.3) is 0 Å². The van der Waals surface area contributed by atoms with Crippen LogP contribution in [0.15, 0.2) is 23.1 Å². The van der Waals surface area contributed by atoms with Gasteiger partial charge >= 0.3 is 6.18 Å². The minimum Gasteiger partial charge on any atom is -0.330 e. The fourth-order valence-electron chi connectivity index (χ4n) is 2.54. The lowest BCUT2D eigenvalue weighted by molar-refractivity contribution is -0.131. The van der Waals surface area contributed by atoms with Gasteiger partial charge < -0.3 is 5.73 Å². The lowest BCUT2D eigenvalue weighted by Gasteiger charge is -2.20. The predicted molar refractivity (Wildman–Crippen MR) is 69.2 cm³/mol. The Bertz CT molecular complexity index is 596. The third-order valence-electron chi connectivity index (χ3n) is 3.57. The number of alkyl halides is 3. The van der Waals surface area contributed by atoms with Crippen molar-refractivity contribution in [2.45, 2.75) is 42.0 Å². The van der Waals surface area contributed by atoms with Crippen molar-refractivity contribution in [1.29, 1.82) is 0 Å². The molecule has 1 aromatic rings. The SMILES string of the molecule is NCCC(C(F)(F)F)S(=O)(=O)c1ccc2c(c1)CCC2. The maximum Gasteiger partial charge on any atom is 0.405 e. The summed E-state index contributed by atoms with van der Waals surface area (Å²) in [5, 5.41) is -2.43. The highest BCUT2D eigenvalue weighted by molar-refractivity contribution is 7.92. The van der Waals surface area contributed by atoms with E-state index in [4.69, 9.17) is 5.73 Å². The molecule has 0 bridgehead atoms. The number of halogens is 3. The smallest absolute Gasteiger partial charge is 0.330 e. The van der Waals surface area contributed by atoms with Gasteiger partial charge in [-0.3, -0.25) is 0 Å². The van der Waals surface area contributed by atoms with Crippen molar-refractivity contribution in [3.63, 3.8) is 0 Å². The number of fused-ring (bicyclic) bond motifs is 1. The molecule has 20 heavy (non-hydrogen) atoms. The Balaban J connectivity index is 2.43. The summed E-state index contributed by atoms with van der Waals surface area (Å²) in [4.78, 5) is -0.256. The van der Waals surface area contributed by atoms with E-state index >= 15 is 0 Å². The van der Waals surface area contributed by atoms with Crippen LogP contribution in [0.1, 0.15) is 24.0 Å². The zero-order chi connectivity index (χ0) is 15.0. The van der Waals surface area contributed by atoms with Gasteiger partial charge in [0.05, 0.1) is 4.90 Å². The molecule has 7 heteroatoms. The standard InChI is InChI=1S/C13H16F3NO2S/c14-13(15,16)12(6-7-17)20(18,19)11-5-4-9-2-1-3-10(9)8-11/h4-5,8,12H,1-3,6-7,17H2. The van der Waals surface area contributed by atoms with Gasteiger partial charge in [-0.2, -0.15) is 13.2 Å². The van der Waals surface area contributed by atoms with E-state index in [1.165, 1.54) is 12.1 Å². The summed E-state index contributed by atoms with van der Waals surface area (Å²) in [5.74, 6) is 0. The van der Waals surface area contributed by atoms with Crippen molar-refractivity contribution >= 4 is 9.84 Å². The van der Waals surface area contributed by atoms with E-state index in [0.717, 1.165) is 24.0 Å². The first-order valence-electron chi connectivity index (χ1n) is 6.39. The topological polar surface area (TPSA) is 60.2 Å². The van der Waals surface area contributed by atoms with Crippen LogP contribution in [0.3, 0.4) is 0 Å². The van der Waals surface area contributed by atoms with Gasteiger partial charge in [0.15, 0.2) is 15.1 Å². The molecule has 0 saturated heterocycles. The molecule has 3 nitrogen and oxygen atoms in total. The molecule has 1 unspecified atom stereocenters. The number of aryl methyl sites for hydroxylation is 2. The minimum atomic E-state index is -4.81. The van der Waals surface area contributed by atoms with E-state index in [-0.39, 0.29) is 11.4 Å². The summed E-state index contributed by atoms with van der Waals surface area (Å²) in [6, 6.07) is 4.27. The van der Waals surface area contributed by atoms with Crippen LogP contribution in [0.4, 0.5) is 13.2 Å². The molecule has 0 aromatic heterocycles. The summed E-state index contributed by atoms with van der Waals surface area (Å²) in [6.07, 6.45) is -2.96. The number of hydrogen-bond donors (Lipinski definition) is 1. The van der Waals surface area contributed by atoms with E-state index in [1.54, 1.807) is 6.07 Å². The highest BCUT2D eigenvalue weighted by Crippen LogP contribution is 2.34. The van der Waals surface area contributed by atoms with Crippen molar-refractivity contribution in [2.75, 3.05) is 6.54 Å². The van der Waals surface area contributed by atoms with Gasteiger partial charge in [-0.25, -0.2) is 8.42 Å². The van der Waals surface area contributed by atoms with Gasteiger partial charge in [-0.05, 0) is 55.5 Å². The molecular formula is C13H16F3NO2S. The maximum atomic E-state index is 12.9. The molecule has 0 aliphatic heterocycles. The highest BCUT2D eigenvalue weighted by atomic mass is 32.2. The molecule has 0 saturated carbocycles. The third kappa shape index (κ3) is 2.83. The van der Waals surface area contributed by atoms with Crippen LogP contribution in [0.5, 0.6) is 0 Å². The Morgan fingerprint density at radius 3 is 2.45 bits per heavy atom. The Hall–Kier alpha value is -1.08. The minimum absolute atomic E-state index is 0.256. The molecule has 0 amide bonds. The molecule has 0 heterocycles. The number of hydrogen-bond acceptors (Lipinski definition) is 3. The first-order chi connectivity index (χ1) is 9.26. The lowest BCUT2D eigenvalue weighted by atomic mass is 10.1. The van der Waals surface area contributed by atoms with Crippen LogP contribution < -0.4 is 5.73 Å². The van der Waals surface area contributed by atoms with Crippen LogP contribution >= 0.6 is 0 Å². The summed E-state index contributed by atoms with van der Waals surface area (Å²) < 4.78 is 63.2. The summed E-state index contributed by atoms with van der Waals surface area (Å²) in [5.41, 5.74) is 6.98. The molecule has 2 N–H and O–H groups in total. The largest absolute Gasteiger partial charge is 0.405 e. The van der Waals surface area contributed by atoms with E-state index < -0.39 is 27.7 Å². The zero-order valence-electron chi connectivity index (χ0n) is 10.8. The number of sulfone groups is 1. The van der Waals surface area contributed by atoms with Gasteiger partial charge in [0.2, 0.25) is 0 Å². The summed E-state index contributed by atoms with van der Waals surface area (Å²) in [6.45, 7) is -0.325. The lowest BCUT2D eigenvalue weighted by Crippen LogP contribution is -2.38. The highest BCUT2D eigenvalue weighted by Gasteiger charge is 2.48. The van der Waals surface area contributed by atoms with Crippen molar-refractivity contribution in [3.8, 4) is 0 Å². The molecule has 2 rings (SSSR count). The molecule has 0 radical (unpaired) electrons. The fraction of sp³-hybridized carbons (Fsp3) is 0.538. The number of rotatable bonds is 4. The Morgan fingerprint density at radius 1 is 1.20 bits per heavy atom. The maximum absolute atomic E-state index is 12.9. The Kier molecular flexibility index (Phi) is 4.11. The molecule has 1 atom stereocenters. The van der Waals surface area contributed by atoms with Gasteiger partial charge in [-0.15, -0.1) is 0 Å². The van der Waals surface area contributed by atoms with E-state index in [9.17, 15) is 21.6 Å². The van der Waals surface area contributed by atoms with Crippen molar-refractivity contribution in [3.05, 3.63) is 29.3 Å². The zero-order valence-corrected chi connectivity index (χ0v) is 11.6. The van der Waals surface area contributed by atoms with Crippen LogP contribution in [-0.4, -0.2) is 26.4 Å². The van der Waals surface area contributed by atoms with E-state index in [1.807, 2.05) is 0 Å². The molecule has 1 aliphatic rings. The van der Waals surface area contributed by atoms with Crippen molar-refractivity contribution < 1.29 is 21.6 Å². The van der Waals surface area contributed by atoms with Gasteiger partial charge in [0.25, 0.3) is 0 Å². The molecule has 0 spiro atoms. The molecular weight excluding hydrogens is 291 g/mol. The molecule has 0 fully saturated rings. The Labute approximate surface area is 115 Å². The quantitative estimate of drug-likeness (QED) is 0.928. The number of nitrogens with two attached hydrogens (primary N) is 1. The second kappa shape index (κ2) is 5.37. The molecule has 1 aliphatic carbocycles. The number of benzene rings is 1. The van der Waals surface area contributed by atoms with Crippen molar-refractivity contribution in [1.82, 2.24) is 0 Å². The first kappa shape index (κ1) is 15.3. The first-order valence-corrected chi connectivity index (χ1v) is 7.94.